The van der Waals surface area contributed by atoms with Crippen LogP contribution in [0.5, 0.6) is 0 Å². The molecule has 0 saturated carbocycles. The highest BCUT2D eigenvalue weighted by atomic mass is 31.2. The molecular formula is C13H29N2O6P. The molecular weight excluding hydrogens is 311 g/mol. The standard InChI is InChI=1S/C13H29N2O6P/c1-11(2)8-19-22(17,20-9-12(3)4)21-10-18-13(16)15-7-6-14-5/h11-12,14H,6-10H2,1-5H3,(H,15,16). The van der Waals surface area contributed by atoms with Crippen molar-refractivity contribution < 1.29 is 27.7 Å². The second kappa shape index (κ2) is 11.8. The molecule has 8 nitrogen and oxygen atoms in total. The van der Waals surface area contributed by atoms with Crippen LogP contribution in [0.15, 0.2) is 0 Å². The van der Waals surface area contributed by atoms with Gasteiger partial charge in [0.2, 0.25) is 6.79 Å². The minimum Gasteiger partial charge on any atom is -0.422 e. The van der Waals surface area contributed by atoms with E-state index in [1.165, 1.54) is 0 Å². The van der Waals surface area contributed by atoms with Gasteiger partial charge in [-0.3, -0.25) is 9.05 Å². The summed E-state index contributed by atoms with van der Waals surface area (Å²) in [7, 11) is -1.96. The van der Waals surface area contributed by atoms with Gasteiger partial charge in [-0.2, -0.15) is 0 Å². The summed E-state index contributed by atoms with van der Waals surface area (Å²) in [6.07, 6.45) is -0.658. The summed E-state index contributed by atoms with van der Waals surface area (Å²) in [5.74, 6) is 0.343. The van der Waals surface area contributed by atoms with E-state index in [1.807, 2.05) is 27.7 Å². The summed E-state index contributed by atoms with van der Waals surface area (Å²) in [4.78, 5) is 11.3. The van der Waals surface area contributed by atoms with Gasteiger partial charge in [0.15, 0.2) is 0 Å². The van der Waals surface area contributed by atoms with E-state index in [4.69, 9.17) is 18.3 Å². The molecule has 0 aromatic heterocycles. The molecule has 0 heterocycles. The number of carbonyl (C=O) groups is 1. The maximum Gasteiger partial charge on any atom is 0.477 e. The average Bonchev–Trinajstić information content (AvgIpc) is 2.43. The number of amides is 1. The van der Waals surface area contributed by atoms with Crippen molar-refractivity contribution in [2.24, 2.45) is 11.8 Å². The van der Waals surface area contributed by atoms with Crippen LogP contribution in [-0.2, 0) is 22.9 Å². The number of nitrogens with one attached hydrogen (secondary N) is 2. The maximum atomic E-state index is 12.4. The summed E-state index contributed by atoms with van der Waals surface area (Å²) in [6.45, 7) is 8.64. The van der Waals surface area contributed by atoms with Crippen molar-refractivity contribution >= 4 is 13.9 Å². The normalized spacial score (nSPS) is 12.0. The third kappa shape index (κ3) is 11.9. The second-order valence-electron chi connectivity index (χ2n) is 5.54. The van der Waals surface area contributed by atoms with Crippen LogP contribution in [0, 0.1) is 11.8 Å². The summed E-state index contributed by atoms with van der Waals surface area (Å²) < 4.78 is 32.6. The molecule has 0 rings (SSSR count). The quantitative estimate of drug-likeness (QED) is 0.320. The molecule has 0 atom stereocenters. The first-order valence-electron chi connectivity index (χ1n) is 7.38. The van der Waals surface area contributed by atoms with E-state index in [2.05, 4.69) is 10.6 Å². The van der Waals surface area contributed by atoms with Crippen LogP contribution in [0.25, 0.3) is 0 Å². The Kier molecular flexibility index (Phi) is 11.5. The molecule has 0 aliphatic rings. The molecule has 0 aromatic carbocycles. The van der Waals surface area contributed by atoms with Crippen molar-refractivity contribution in [3.63, 3.8) is 0 Å². The van der Waals surface area contributed by atoms with Gasteiger partial charge in [-0.1, -0.05) is 27.7 Å². The molecule has 132 valence electrons. The summed E-state index contributed by atoms with van der Waals surface area (Å²) in [5.41, 5.74) is 0. The largest absolute Gasteiger partial charge is 0.477 e. The summed E-state index contributed by atoms with van der Waals surface area (Å²) in [5, 5.41) is 5.37. The third-order valence-corrected chi connectivity index (χ3v) is 3.53. The number of hydrogen-bond donors (Lipinski definition) is 2. The van der Waals surface area contributed by atoms with E-state index in [9.17, 15) is 9.36 Å². The summed E-state index contributed by atoms with van der Waals surface area (Å²) in [6, 6.07) is 0. The van der Waals surface area contributed by atoms with Crippen molar-refractivity contribution in [3.05, 3.63) is 0 Å². The predicted molar refractivity (Wildman–Crippen MR) is 83.5 cm³/mol. The molecule has 0 unspecified atom stereocenters. The molecule has 0 bridgehead atoms. The minimum atomic E-state index is -3.73. The van der Waals surface area contributed by atoms with Crippen LogP contribution >= 0.6 is 7.82 Å². The molecule has 9 heteroatoms. The fourth-order valence-electron chi connectivity index (χ4n) is 1.08. The molecule has 0 spiro atoms. The Morgan fingerprint density at radius 2 is 1.55 bits per heavy atom. The van der Waals surface area contributed by atoms with Crippen molar-refractivity contribution in [2.75, 3.05) is 40.1 Å². The van der Waals surface area contributed by atoms with Crippen molar-refractivity contribution in [2.45, 2.75) is 27.7 Å². The zero-order valence-electron chi connectivity index (χ0n) is 14.1. The lowest BCUT2D eigenvalue weighted by Gasteiger charge is -2.19. The number of carbonyl (C=O) groups excluding carboxylic acids is 1. The fraction of sp³-hybridized carbons (Fsp3) is 0.923. The van der Waals surface area contributed by atoms with Gasteiger partial charge in [0.25, 0.3) is 0 Å². The van der Waals surface area contributed by atoms with E-state index >= 15 is 0 Å². The lowest BCUT2D eigenvalue weighted by molar-refractivity contribution is 0.0165. The first-order valence-corrected chi connectivity index (χ1v) is 8.84. The Hall–Kier alpha value is -0.660. The number of hydrogen-bond acceptors (Lipinski definition) is 7. The first-order chi connectivity index (χ1) is 10.3. The average molecular weight is 340 g/mol. The van der Waals surface area contributed by atoms with Gasteiger partial charge in [0, 0.05) is 13.1 Å². The Bertz CT molecular complexity index is 335. The lowest BCUT2D eigenvalue weighted by atomic mass is 10.2. The van der Waals surface area contributed by atoms with Crippen LogP contribution < -0.4 is 10.6 Å². The van der Waals surface area contributed by atoms with Crippen LogP contribution in [0.3, 0.4) is 0 Å². The third-order valence-electron chi connectivity index (χ3n) is 2.18. The highest BCUT2D eigenvalue weighted by molar-refractivity contribution is 7.48. The smallest absolute Gasteiger partial charge is 0.422 e. The zero-order chi connectivity index (χ0) is 17.0. The fourth-order valence-corrected chi connectivity index (χ4v) is 2.44. The summed E-state index contributed by atoms with van der Waals surface area (Å²) >= 11 is 0. The number of rotatable bonds is 12. The maximum absolute atomic E-state index is 12.4. The van der Waals surface area contributed by atoms with Gasteiger partial charge >= 0.3 is 13.9 Å². The molecule has 2 N–H and O–H groups in total. The van der Waals surface area contributed by atoms with Gasteiger partial charge in [-0.15, -0.1) is 0 Å². The van der Waals surface area contributed by atoms with E-state index in [0.29, 0.717) is 13.1 Å². The molecule has 0 saturated heterocycles. The molecule has 1 amide bonds. The highest BCUT2D eigenvalue weighted by Gasteiger charge is 2.28. The minimum absolute atomic E-state index is 0.172. The van der Waals surface area contributed by atoms with Crippen LogP contribution in [0.2, 0.25) is 0 Å². The molecule has 0 radical (unpaired) electrons. The Labute approximate surface area is 132 Å². The molecule has 0 aliphatic carbocycles. The van der Waals surface area contributed by atoms with Gasteiger partial charge in [0.1, 0.15) is 0 Å². The lowest BCUT2D eigenvalue weighted by Crippen LogP contribution is -2.31. The zero-order valence-corrected chi connectivity index (χ0v) is 15.0. The predicted octanol–water partition coefficient (Wildman–Crippen LogP) is 2.36. The molecule has 0 fully saturated rings. The Morgan fingerprint density at radius 3 is 2.00 bits per heavy atom. The molecule has 22 heavy (non-hydrogen) atoms. The van der Waals surface area contributed by atoms with Crippen molar-refractivity contribution in [1.82, 2.24) is 10.6 Å². The van der Waals surface area contributed by atoms with Gasteiger partial charge in [0.05, 0.1) is 13.2 Å². The number of phosphoric ester groups is 1. The number of likely N-dealkylation sites (N-methyl/N-ethyl adjacent to an activating group) is 1. The Morgan fingerprint density at radius 1 is 1.00 bits per heavy atom. The first kappa shape index (κ1) is 21.3. The van der Waals surface area contributed by atoms with E-state index in [1.54, 1.807) is 7.05 Å². The van der Waals surface area contributed by atoms with Gasteiger partial charge < -0.3 is 15.4 Å². The van der Waals surface area contributed by atoms with Crippen molar-refractivity contribution in [3.8, 4) is 0 Å². The van der Waals surface area contributed by atoms with E-state index in [0.717, 1.165) is 0 Å². The SMILES string of the molecule is CNCCNC(=O)OCOP(=O)(OCC(C)C)OCC(C)C. The Balaban J connectivity index is 4.21. The van der Waals surface area contributed by atoms with Crippen molar-refractivity contribution in [1.29, 1.82) is 0 Å². The number of phosphoric acid groups is 1. The highest BCUT2D eigenvalue weighted by Crippen LogP contribution is 2.50. The topological polar surface area (TPSA) is 95.1 Å². The van der Waals surface area contributed by atoms with Gasteiger partial charge in [-0.25, -0.2) is 13.9 Å². The number of alkyl carbamates (subject to hydrolysis) is 1. The van der Waals surface area contributed by atoms with Crippen LogP contribution in [0.1, 0.15) is 27.7 Å². The van der Waals surface area contributed by atoms with E-state index < -0.39 is 20.7 Å². The van der Waals surface area contributed by atoms with Gasteiger partial charge in [-0.05, 0) is 18.9 Å². The second-order valence-corrected chi connectivity index (χ2v) is 7.20. The molecule has 0 aromatic rings. The monoisotopic (exact) mass is 340 g/mol. The van der Waals surface area contributed by atoms with E-state index in [-0.39, 0.29) is 25.0 Å². The van der Waals surface area contributed by atoms with Crippen LogP contribution in [0.4, 0.5) is 4.79 Å². The van der Waals surface area contributed by atoms with Crippen LogP contribution in [-0.4, -0.2) is 46.2 Å². The molecule has 0 aliphatic heterocycles. The number of ether oxygens (including phenoxy) is 1.